The summed E-state index contributed by atoms with van der Waals surface area (Å²) in [4.78, 5) is 29.4. The van der Waals surface area contributed by atoms with Crippen LogP contribution in [-0.4, -0.2) is 50.8 Å². The van der Waals surface area contributed by atoms with E-state index in [1.165, 1.54) is 6.34 Å². The molecule has 0 amide bonds. The third kappa shape index (κ3) is 3.34. The van der Waals surface area contributed by atoms with E-state index in [1.807, 2.05) is 13.0 Å². The summed E-state index contributed by atoms with van der Waals surface area (Å²) in [6.45, 7) is 6.08. The smallest absolute Gasteiger partial charge is 0.330 e. The number of aromatic nitrogens is 2. The Hall–Kier alpha value is -2.87. The Balaban J connectivity index is 1.85. The monoisotopic (exact) mass is 344 g/mol. The van der Waals surface area contributed by atoms with Gasteiger partial charge in [-0.25, -0.2) is 9.79 Å². The summed E-state index contributed by atoms with van der Waals surface area (Å²) in [7, 11) is 0. The van der Waals surface area contributed by atoms with Crippen LogP contribution >= 0.6 is 0 Å². The van der Waals surface area contributed by atoms with E-state index in [2.05, 4.69) is 21.8 Å². The number of aliphatic carboxylic acids is 1. The number of H-pyrrole nitrogens is 2. The first-order valence-electron chi connectivity index (χ1n) is 7.89. The Morgan fingerprint density at radius 2 is 2.40 bits per heavy atom. The molecule has 2 heterocycles. The van der Waals surface area contributed by atoms with Crippen molar-refractivity contribution in [3.63, 3.8) is 0 Å². The number of nitrogens with zero attached hydrogens (tertiary/aromatic N) is 2. The first-order valence-corrected chi connectivity index (χ1v) is 7.89. The molecule has 0 radical (unpaired) electrons. The maximum Gasteiger partial charge on any atom is 0.330 e. The fraction of sp³-hybridized carbons (Fsp3) is 0.353. The number of aliphatic imine (C=N–C) groups is 1. The fourth-order valence-corrected chi connectivity index (χ4v) is 3.09. The molecule has 0 fully saturated rings. The molecule has 0 saturated heterocycles. The number of nitrogens with one attached hydrogen (secondary N) is 2. The molecule has 132 valence electrons. The third-order valence-corrected chi connectivity index (χ3v) is 4.29. The Bertz CT molecular complexity index is 832. The predicted molar refractivity (Wildman–Crippen MR) is 92.9 cm³/mol. The van der Waals surface area contributed by atoms with Gasteiger partial charge in [0.2, 0.25) is 0 Å². The lowest BCUT2D eigenvalue weighted by atomic mass is 9.87. The number of hydrogen-bond acceptors (Lipinski definition) is 5. The van der Waals surface area contributed by atoms with Crippen molar-refractivity contribution >= 4 is 18.1 Å². The van der Waals surface area contributed by atoms with Crippen LogP contribution in [0.15, 0.2) is 46.2 Å². The highest BCUT2D eigenvalue weighted by Crippen LogP contribution is 2.31. The van der Waals surface area contributed by atoms with Crippen LogP contribution < -0.4 is 5.56 Å². The molecule has 0 aromatic carbocycles. The van der Waals surface area contributed by atoms with Gasteiger partial charge in [0.25, 0.3) is 5.56 Å². The van der Waals surface area contributed by atoms with Crippen LogP contribution in [0.25, 0.3) is 0 Å². The van der Waals surface area contributed by atoms with Gasteiger partial charge >= 0.3 is 5.97 Å². The minimum absolute atomic E-state index is 0.167. The van der Waals surface area contributed by atoms with Crippen LogP contribution in [0.5, 0.6) is 0 Å². The Kier molecular flexibility index (Phi) is 4.45. The minimum Gasteiger partial charge on any atom is -0.479 e. The van der Waals surface area contributed by atoms with Gasteiger partial charge in [-0.2, -0.15) is 0 Å². The normalized spacial score (nSPS) is 23.1. The van der Waals surface area contributed by atoms with E-state index >= 15 is 0 Å². The quantitative estimate of drug-likeness (QED) is 0.677. The van der Waals surface area contributed by atoms with Gasteiger partial charge in [-0.05, 0) is 12.5 Å². The van der Waals surface area contributed by atoms with Crippen LogP contribution in [0.3, 0.4) is 0 Å². The van der Waals surface area contributed by atoms with Crippen molar-refractivity contribution in [1.29, 1.82) is 0 Å². The Morgan fingerprint density at radius 1 is 1.60 bits per heavy atom. The van der Waals surface area contributed by atoms with Crippen molar-refractivity contribution in [1.82, 2.24) is 15.1 Å². The van der Waals surface area contributed by atoms with Crippen molar-refractivity contribution < 1.29 is 14.6 Å². The van der Waals surface area contributed by atoms with Crippen LogP contribution in [0, 0.1) is 0 Å². The second-order valence-electron chi connectivity index (χ2n) is 6.25. The largest absolute Gasteiger partial charge is 0.479 e. The van der Waals surface area contributed by atoms with Gasteiger partial charge in [0.15, 0.2) is 5.82 Å². The highest BCUT2D eigenvalue weighted by atomic mass is 16.5. The number of carbonyl (C=O) groups is 1. The van der Waals surface area contributed by atoms with E-state index in [0.29, 0.717) is 30.0 Å². The van der Waals surface area contributed by atoms with Crippen LogP contribution in [0.4, 0.5) is 5.82 Å². The summed E-state index contributed by atoms with van der Waals surface area (Å²) >= 11 is 0. The zero-order chi connectivity index (χ0) is 18.0. The van der Waals surface area contributed by atoms with Gasteiger partial charge in [0.1, 0.15) is 6.04 Å². The van der Waals surface area contributed by atoms with Gasteiger partial charge in [-0.3, -0.25) is 15.0 Å². The molecule has 25 heavy (non-hydrogen) atoms. The summed E-state index contributed by atoms with van der Waals surface area (Å²) in [6.07, 6.45) is 9.01. The summed E-state index contributed by atoms with van der Waals surface area (Å²) in [5.41, 5.74) is 0.211. The topological polar surface area (TPSA) is 111 Å². The summed E-state index contributed by atoms with van der Waals surface area (Å²) in [5, 5.41) is 14.9. The van der Waals surface area contributed by atoms with E-state index in [-0.39, 0.29) is 12.1 Å². The fourth-order valence-electron chi connectivity index (χ4n) is 3.09. The van der Waals surface area contributed by atoms with Crippen molar-refractivity contribution in [2.45, 2.75) is 31.5 Å². The summed E-state index contributed by atoms with van der Waals surface area (Å²) in [5.74, 6) is -0.573. The van der Waals surface area contributed by atoms with E-state index in [4.69, 9.17) is 4.74 Å². The molecule has 8 heteroatoms. The van der Waals surface area contributed by atoms with Crippen LogP contribution in [0.1, 0.15) is 18.9 Å². The van der Waals surface area contributed by atoms with Crippen LogP contribution in [-0.2, 0) is 16.1 Å². The molecule has 1 aliphatic heterocycles. The average Bonchev–Trinajstić information content (AvgIpc) is 2.94. The number of rotatable bonds is 6. The molecule has 3 rings (SSSR count). The van der Waals surface area contributed by atoms with Crippen molar-refractivity contribution in [3.05, 3.63) is 52.4 Å². The molecule has 2 atom stereocenters. The van der Waals surface area contributed by atoms with Gasteiger partial charge in [-0.15, -0.1) is 6.58 Å². The summed E-state index contributed by atoms with van der Waals surface area (Å²) in [6, 6.07) is -0.928. The van der Waals surface area contributed by atoms with E-state index < -0.39 is 17.6 Å². The molecule has 8 nitrogen and oxygen atoms in total. The molecule has 3 N–H and O–H groups in total. The lowest BCUT2D eigenvalue weighted by Gasteiger charge is -2.35. The molecular formula is C17H20N4O4. The Morgan fingerprint density at radius 3 is 3.12 bits per heavy atom. The van der Waals surface area contributed by atoms with Crippen molar-refractivity contribution in [2.75, 3.05) is 6.61 Å². The number of fused-ring (bicyclic) bond motifs is 1. The SMILES string of the molecule is C=CCOC1(C)C=CC=C(C(C(=O)O)N2C=Nc3[nH][nH]c(=O)c3C2)C1. The molecule has 0 bridgehead atoms. The lowest BCUT2D eigenvalue weighted by Crippen LogP contribution is -2.45. The average molecular weight is 344 g/mol. The van der Waals surface area contributed by atoms with E-state index in [9.17, 15) is 14.7 Å². The number of carboxylic acids is 1. The molecule has 2 aliphatic rings. The maximum atomic E-state index is 11.9. The van der Waals surface area contributed by atoms with E-state index in [0.717, 1.165) is 0 Å². The predicted octanol–water partition coefficient (Wildman–Crippen LogP) is 1.48. The van der Waals surface area contributed by atoms with Gasteiger partial charge in [-0.1, -0.05) is 24.3 Å². The lowest BCUT2D eigenvalue weighted by molar-refractivity contribution is -0.140. The first-order chi connectivity index (χ1) is 11.9. The maximum absolute atomic E-state index is 11.9. The standard InChI is InChI=1S/C17H20N4O4/c1-3-7-25-17(2)6-4-5-11(8-17)13(16(23)24)21-9-12-14(18-10-21)19-20-15(12)22/h3-6,10,13H,1,7-9H2,2H3,(H,23,24)(H2,19,20,22). The number of allylic oxidation sites excluding steroid dienone is 2. The Labute approximate surface area is 144 Å². The second kappa shape index (κ2) is 6.56. The molecular weight excluding hydrogens is 324 g/mol. The molecule has 1 aromatic rings. The molecule has 2 unspecified atom stereocenters. The number of hydrogen-bond donors (Lipinski definition) is 3. The summed E-state index contributed by atoms with van der Waals surface area (Å²) < 4.78 is 5.78. The molecule has 1 aromatic heterocycles. The highest BCUT2D eigenvalue weighted by molar-refractivity contribution is 5.82. The van der Waals surface area contributed by atoms with Gasteiger partial charge in [0.05, 0.1) is 30.7 Å². The van der Waals surface area contributed by atoms with Crippen molar-refractivity contribution in [2.24, 2.45) is 4.99 Å². The van der Waals surface area contributed by atoms with Crippen LogP contribution in [0.2, 0.25) is 0 Å². The highest BCUT2D eigenvalue weighted by Gasteiger charge is 2.36. The molecule has 0 spiro atoms. The first kappa shape index (κ1) is 17.0. The van der Waals surface area contributed by atoms with E-state index in [1.54, 1.807) is 23.1 Å². The minimum atomic E-state index is -1.01. The van der Waals surface area contributed by atoms with Crippen molar-refractivity contribution in [3.8, 4) is 0 Å². The molecule has 0 saturated carbocycles. The van der Waals surface area contributed by atoms with Gasteiger partial charge in [0, 0.05) is 6.42 Å². The number of carboxylic acid groups (broad SMARTS) is 1. The zero-order valence-electron chi connectivity index (χ0n) is 13.9. The molecule has 1 aliphatic carbocycles. The number of ether oxygens (including phenoxy) is 1. The van der Waals surface area contributed by atoms with Gasteiger partial charge < -0.3 is 14.7 Å². The number of aromatic amines is 2. The second-order valence-corrected chi connectivity index (χ2v) is 6.25. The zero-order valence-corrected chi connectivity index (χ0v) is 13.9. The third-order valence-electron chi connectivity index (χ3n) is 4.29.